The molecule has 4 nitrogen and oxygen atoms in total. The van der Waals surface area contributed by atoms with Crippen LogP contribution < -0.4 is 5.32 Å². The number of carbonyl (C=O) groups is 1. The minimum Gasteiger partial charge on any atom is -0.381 e. The van der Waals surface area contributed by atoms with E-state index in [0.717, 1.165) is 31.0 Å². The van der Waals surface area contributed by atoms with E-state index >= 15 is 0 Å². The zero-order chi connectivity index (χ0) is 12.3. The van der Waals surface area contributed by atoms with Gasteiger partial charge in [0.2, 0.25) is 0 Å². The van der Waals surface area contributed by atoms with Gasteiger partial charge in [-0.05, 0) is 32.4 Å². The molecule has 0 bridgehead atoms. The molecule has 17 heavy (non-hydrogen) atoms. The largest absolute Gasteiger partial charge is 0.381 e. The maximum atomic E-state index is 11.9. The molecule has 1 N–H and O–H groups in total. The van der Waals surface area contributed by atoms with Gasteiger partial charge in [0.05, 0.1) is 17.9 Å². The summed E-state index contributed by atoms with van der Waals surface area (Å²) in [5.74, 6) is 0.416. The summed E-state index contributed by atoms with van der Waals surface area (Å²) in [5, 5.41) is 2.94. The van der Waals surface area contributed by atoms with E-state index < -0.39 is 0 Å². The Morgan fingerprint density at radius 3 is 3.00 bits per heavy atom. The van der Waals surface area contributed by atoms with Crippen LogP contribution in [-0.4, -0.2) is 30.6 Å². The molecule has 1 saturated heterocycles. The highest BCUT2D eigenvalue weighted by Gasteiger charge is 2.17. The second-order valence-corrected chi connectivity index (χ2v) is 4.53. The van der Waals surface area contributed by atoms with E-state index in [0.29, 0.717) is 18.0 Å². The molecule has 1 unspecified atom stereocenters. The monoisotopic (exact) mass is 234 g/mol. The number of nitrogens with zero attached hydrogens (tertiary/aromatic N) is 1. The first-order valence-electron chi connectivity index (χ1n) is 5.97. The third-order valence-corrected chi connectivity index (χ3v) is 3.04. The predicted molar refractivity (Wildman–Crippen MR) is 65.0 cm³/mol. The van der Waals surface area contributed by atoms with Crippen LogP contribution in [0.5, 0.6) is 0 Å². The second kappa shape index (κ2) is 5.27. The summed E-state index contributed by atoms with van der Waals surface area (Å²) in [4.78, 5) is 16.2. The molecule has 0 aromatic carbocycles. The van der Waals surface area contributed by atoms with Crippen molar-refractivity contribution in [3.8, 4) is 0 Å². The fourth-order valence-electron chi connectivity index (χ4n) is 2.00. The van der Waals surface area contributed by atoms with Gasteiger partial charge in [-0.3, -0.25) is 9.78 Å². The summed E-state index contributed by atoms with van der Waals surface area (Å²) >= 11 is 0. The van der Waals surface area contributed by atoms with Gasteiger partial charge in [0.25, 0.3) is 5.91 Å². The Bertz CT molecular complexity index is 412. The number of carbonyl (C=O) groups excluding carboxylic acids is 1. The molecule has 0 radical (unpaired) electrons. The van der Waals surface area contributed by atoms with Crippen LogP contribution in [-0.2, 0) is 4.74 Å². The molecule has 0 spiro atoms. The number of pyridine rings is 1. The second-order valence-electron chi connectivity index (χ2n) is 4.53. The highest BCUT2D eigenvalue weighted by Crippen LogP contribution is 2.11. The molecule has 1 aromatic heterocycles. The number of aryl methyl sites for hydroxylation is 2. The van der Waals surface area contributed by atoms with Crippen LogP contribution in [0.4, 0.5) is 0 Å². The molecular formula is C13H18N2O2. The topological polar surface area (TPSA) is 51.2 Å². The Hall–Kier alpha value is -1.42. The van der Waals surface area contributed by atoms with Gasteiger partial charge in [-0.2, -0.15) is 0 Å². The van der Waals surface area contributed by atoms with Crippen LogP contribution in [0, 0.1) is 19.8 Å². The number of hydrogen-bond donors (Lipinski definition) is 1. The number of hydrogen-bond acceptors (Lipinski definition) is 3. The van der Waals surface area contributed by atoms with Crippen molar-refractivity contribution in [2.75, 3.05) is 19.8 Å². The van der Waals surface area contributed by atoms with Gasteiger partial charge in [-0.1, -0.05) is 0 Å². The van der Waals surface area contributed by atoms with E-state index in [9.17, 15) is 4.79 Å². The summed E-state index contributed by atoms with van der Waals surface area (Å²) in [6, 6.07) is 3.69. The van der Waals surface area contributed by atoms with Crippen LogP contribution in [0.15, 0.2) is 12.1 Å². The maximum absolute atomic E-state index is 11.9. The SMILES string of the molecule is Cc1ccc(C(=O)NCC2CCOC2)c(C)n1. The van der Waals surface area contributed by atoms with Gasteiger partial charge in [0.1, 0.15) is 0 Å². The zero-order valence-corrected chi connectivity index (χ0v) is 10.3. The van der Waals surface area contributed by atoms with Gasteiger partial charge in [0.15, 0.2) is 0 Å². The third kappa shape index (κ3) is 3.03. The number of ether oxygens (including phenoxy) is 1. The third-order valence-electron chi connectivity index (χ3n) is 3.04. The highest BCUT2D eigenvalue weighted by molar-refractivity contribution is 5.95. The van der Waals surface area contributed by atoms with Crippen molar-refractivity contribution in [2.45, 2.75) is 20.3 Å². The fraction of sp³-hybridized carbons (Fsp3) is 0.538. The van der Waals surface area contributed by atoms with E-state index in [4.69, 9.17) is 4.74 Å². The molecule has 1 fully saturated rings. The van der Waals surface area contributed by atoms with Gasteiger partial charge < -0.3 is 10.1 Å². The molecule has 1 aliphatic rings. The smallest absolute Gasteiger partial charge is 0.253 e. The molecule has 1 aliphatic heterocycles. The number of aromatic nitrogens is 1. The van der Waals surface area contributed by atoms with Crippen molar-refractivity contribution < 1.29 is 9.53 Å². The van der Waals surface area contributed by atoms with Crippen LogP contribution in [0.2, 0.25) is 0 Å². The van der Waals surface area contributed by atoms with Crippen molar-refractivity contribution >= 4 is 5.91 Å². The van der Waals surface area contributed by atoms with Crippen LogP contribution >= 0.6 is 0 Å². The Morgan fingerprint density at radius 2 is 2.35 bits per heavy atom. The molecule has 4 heteroatoms. The van der Waals surface area contributed by atoms with Gasteiger partial charge in [-0.15, -0.1) is 0 Å². The molecule has 1 amide bonds. The standard InChI is InChI=1S/C13H18N2O2/c1-9-3-4-12(10(2)15-9)13(16)14-7-11-5-6-17-8-11/h3-4,11H,5-8H2,1-2H3,(H,14,16). The van der Waals surface area contributed by atoms with E-state index in [-0.39, 0.29) is 5.91 Å². The first kappa shape index (κ1) is 12.0. The van der Waals surface area contributed by atoms with E-state index in [1.165, 1.54) is 0 Å². The molecule has 1 aromatic rings. The molecule has 92 valence electrons. The summed E-state index contributed by atoms with van der Waals surface area (Å²) < 4.78 is 5.27. The Balaban J connectivity index is 1.94. The van der Waals surface area contributed by atoms with Crippen molar-refractivity contribution in [1.29, 1.82) is 0 Å². The van der Waals surface area contributed by atoms with Crippen LogP contribution in [0.3, 0.4) is 0 Å². The van der Waals surface area contributed by atoms with Gasteiger partial charge in [-0.25, -0.2) is 0 Å². The number of nitrogens with one attached hydrogen (secondary N) is 1. The van der Waals surface area contributed by atoms with E-state index in [1.54, 1.807) is 0 Å². The summed E-state index contributed by atoms with van der Waals surface area (Å²) in [6.07, 6.45) is 1.03. The lowest BCUT2D eigenvalue weighted by molar-refractivity contribution is 0.0944. The fourth-order valence-corrected chi connectivity index (χ4v) is 2.00. The first-order valence-corrected chi connectivity index (χ1v) is 5.97. The summed E-state index contributed by atoms with van der Waals surface area (Å²) in [6.45, 7) is 6.04. The molecule has 1 atom stereocenters. The first-order chi connectivity index (χ1) is 8.16. The Morgan fingerprint density at radius 1 is 1.53 bits per heavy atom. The van der Waals surface area contributed by atoms with Gasteiger partial charge >= 0.3 is 0 Å². The Kier molecular flexibility index (Phi) is 3.74. The van der Waals surface area contributed by atoms with E-state index in [1.807, 2.05) is 26.0 Å². The Labute approximate surface area is 101 Å². The minimum absolute atomic E-state index is 0.0399. The number of amides is 1. The molecular weight excluding hydrogens is 216 g/mol. The van der Waals surface area contributed by atoms with Crippen molar-refractivity contribution in [3.05, 3.63) is 29.1 Å². The van der Waals surface area contributed by atoms with Crippen molar-refractivity contribution in [3.63, 3.8) is 0 Å². The highest BCUT2D eigenvalue weighted by atomic mass is 16.5. The van der Waals surface area contributed by atoms with E-state index in [2.05, 4.69) is 10.3 Å². The summed E-state index contributed by atoms with van der Waals surface area (Å²) in [5.41, 5.74) is 2.38. The molecule has 2 heterocycles. The van der Waals surface area contributed by atoms with Crippen LogP contribution in [0.25, 0.3) is 0 Å². The van der Waals surface area contributed by atoms with Crippen molar-refractivity contribution in [2.24, 2.45) is 5.92 Å². The maximum Gasteiger partial charge on any atom is 0.253 e. The zero-order valence-electron chi connectivity index (χ0n) is 10.3. The molecule has 0 saturated carbocycles. The predicted octanol–water partition coefficient (Wildman–Crippen LogP) is 1.46. The lowest BCUT2D eigenvalue weighted by atomic mass is 10.1. The summed E-state index contributed by atoms with van der Waals surface area (Å²) in [7, 11) is 0. The molecule has 0 aliphatic carbocycles. The van der Waals surface area contributed by atoms with Crippen LogP contribution in [0.1, 0.15) is 28.2 Å². The lowest BCUT2D eigenvalue weighted by Crippen LogP contribution is -2.30. The van der Waals surface area contributed by atoms with Crippen molar-refractivity contribution in [1.82, 2.24) is 10.3 Å². The number of rotatable bonds is 3. The quantitative estimate of drug-likeness (QED) is 0.861. The molecule has 2 rings (SSSR count). The average Bonchev–Trinajstić information content (AvgIpc) is 2.78. The van der Waals surface area contributed by atoms with Gasteiger partial charge in [0, 0.05) is 24.8 Å². The average molecular weight is 234 g/mol. The minimum atomic E-state index is -0.0399. The normalized spacial score (nSPS) is 19.3. The lowest BCUT2D eigenvalue weighted by Gasteiger charge is -2.10.